The summed E-state index contributed by atoms with van der Waals surface area (Å²) < 4.78 is 0. The molecule has 116 valence electrons. The lowest BCUT2D eigenvalue weighted by Crippen LogP contribution is -2.57. The van der Waals surface area contributed by atoms with Crippen LogP contribution < -0.4 is 10.6 Å². The molecule has 0 saturated heterocycles. The Balaban J connectivity index is 2.84. The van der Waals surface area contributed by atoms with Crippen LogP contribution in [-0.4, -0.2) is 22.6 Å². The van der Waals surface area contributed by atoms with Crippen molar-refractivity contribution in [3.63, 3.8) is 0 Å². The lowest BCUT2D eigenvalue weighted by atomic mass is 9.74. The summed E-state index contributed by atoms with van der Waals surface area (Å²) in [5, 5.41) is 15.2. The monoisotopic (exact) mass is 332 g/mol. The number of amides is 2. The summed E-state index contributed by atoms with van der Waals surface area (Å²) in [7, 11) is 0. The highest BCUT2D eigenvalue weighted by Gasteiger charge is 2.44. The normalized spacial score (nSPS) is 11.9. The average molecular weight is 333 g/mol. The number of hydrogen-bond donors (Lipinski definition) is 3. The number of nitrogens with one attached hydrogen (secondary N) is 2. The molecule has 21 heavy (non-hydrogen) atoms. The molecule has 0 aromatic heterocycles. The van der Waals surface area contributed by atoms with Crippen LogP contribution in [0.5, 0.6) is 0 Å². The van der Waals surface area contributed by atoms with E-state index in [0.717, 1.165) is 0 Å². The molecule has 0 fully saturated rings. The number of anilines is 1. The fraction of sp³-hybridized carbons (Fsp3) is 0.429. The standard InChI is InChI=1S/C14H18Cl2N2O3/c1-13(2,11(19)20)14(3,4)18-12(21)17-10-6-5-8(15)7-9(10)16/h5-7H,1-4H3,(H,19,20)(H2,17,18,21). The third kappa shape index (κ3) is 4.02. The summed E-state index contributed by atoms with van der Waals surface area (Å²) in [5.74, 6) is -1.00. The van der Waals surface area contributed by atoms with Gasteiger partial charge in [0.2, 0.25) is 0 Å². The van der Waals surface area contributed by atoms with Crippen LogP contribution in [0.3, 0.4) is 0 Å². The van der Waals surface area contributed by atoms with Crippen LogP contribution in [0.2, 0.25) is 10.0 Å². The first-order valence-electron chi connectivity index (χ1n) is 6.25. The zero-order chi connectivity index (χ0) is 16.4. The Bertz CT molecular complexity index is 571. The number of halogens is 2. The molecule has 0 atom stereocenters. The summed E-state index contributed by atoms with van der Waals surface area (Å²) in [4.78, 5) is 23.3. The second-order valence-electron chi connectivity index (χ2n) is 5.76. The van der Waals surface area contributed by atoms with Crippen molar-refractivity contribution < 1.29 is 14.7 Å². The first kappa shape index (κ1) is 17.6. The van der Waals surface area contributed by atoms with Crippen LogP contribution in [-0.2, 0) is 4.79 Å². The van der Waals surface area contributed by atoms with E-state index >= 15 is 0 Å². The van der Waals surface area contributed by atoms with E-state index < -0.39 is 23.0 Å². The molecule has 0 heterocycles. The molecule has 0 bridgehead atoms. The number of carboxylic acids is 1. The van der Waals surface area contributed by atoms with Crippen molar-refractivity contribution in [2.24, 2.45) is 5.41 Å². The summed E-state index contributed by atoms with van der Waals surface area (Å²) in [6, 6.07) is 4.12. The van der Waals surface area contributed by atoms with Gasteiger partial charge in [0.25, 0.3) is 0 Å². The Morgan fingerprint density at radius 1 is 1.14 bits per heavy atom. The molecule has 0 aliphatic rings. The van der Waals surface area contributed by atoms with Gasteiger partial charge in [-0.05, 0) is 45.9 Å². The van der Waals surface area contributed by atoms with E-state index in [1.165, 1.54) is 6.07 Å². The number of hydrogen-bond acceptors (Lipinski definition) is 2. The van der Waals surface area contributed by atoms with E-state index in [1.54, 1.807) is 39.8 Å². The molecule has 5 nitrogen and oxygen atoms in total. The van der Waals surface area contributed by atoms with Crippen LogP contribution in [0.15, 0.2) is 18.2 Å². The maximum Gasteiger partial charge on any atom is 0.319 e. The molecule has 0 spiro atoms. The van der Waals surface area contributed by atoms with Gasteiger partial charge >= 0.3 is 12.0 Å². The van der Waals surface area contributed by atoms with Gasteiger partial charge < -0.3 is 15.7 Å². The molecule has 2 amide bonds. The zero-order valence-corrected chi connectivity index (χ0v) is 13.8. The lowest BCUT2D eigenvalue weighted by Gasteiger charge is -2.38. The van der Waals surface area contributed by atoms with Crippen molar-refractivity contribution in [1.82, 2.24) is 5.32 Å². The fourth-order valence-electron chi connectivity index (χ4n) is 1.45. The van der Waals surface area contributed by atoms with Crippen molar-refractivity contribution >= 4 is 40.9 Å². The summed E-state index contributed by atoms with van der Waals surface area (Å²) >= 11 is 11.7. The van der Waals surface area contributed by atoms with Crippen LogP contribution >= 0.6 is 23.2 Å². The molecular weight excluding hydrogens is 315 g/mol. The molecule has 1 aromatic carbocycles. The van der Waals surface area contributed by atoms with Gasteiger partial charge in [-0.15, -0.1) is 0 Å². The smallest absolute Gasteiger partial charge is 0.319 e. The van der Waals surface area contributed by atoms with E-state index in [0.29, 0.717) is 15.7 Å². The van der Waals surface area contributed by atoms with Crippen LogP contribution in [0, 0.1) is 5.41 Å². The Labute approximate surface area is 133 Å². The summed E-state index contributed by atoms with van der Waals surface area (Å²) in [5.41, 5.74) is -1.72. The molecule has 3 N–H and O–H groups in total. The first-order chi connectivity index (χ1) is 9.47. The van der Waals surface area contributed by atoms with Crippen LogP contribution in [0.4, 0.5) is 10.5 Å². The predicted octanol–water partition coefficient (Wildman–Crippen LogP) is 4.00. The quantitative estimate of drug-likeness (QED) is 0.779. The third-order valence-corrected chi connectivity index (χ3v) is 4.25. The Hall–Kier alpha value is -1.46. The van der Waals surface area contributed by atoms with Crippen LogP contribution in [0.1, 0.15) is 27.7 Å². The number of urea groups is 1. The first-order valence-corrected chi connectivity index (χ1v) is 7.00. The van der Waals surface area contributed by atoms with E-state index in [2.05, 4.69) is 10.6 Å². The van der Waals surface area contributed by atoms with E-state index in [-0.39, 0.29) is 0 Å². The average Bonchev–Trinajstić information content (AvgIpc) is 2.31. The molecular formula is C14H18Cl2N2O3. The number of rotatable bonds is 4. The Kier molecular flexibility index (Phi) is 5.12. The number of carboxylic acid groups (broad SMARTS) is 1. The molecule has 1 aromatic rings. The number of carbonyl (C=O) groups is 2. The molecule has 0 aliphatic carbocycles. The fourth-order valence-corrected chi connectivity index (χ4v) is 1.91. The SMILES string of the molecule is CC(C)(NC(=O)Nc1ccc(Cl)cc1Cl)C(C)(C)C(=O)O. The minimum absolute atomic E-state index is 0.299. The number of carbonyl (C=O) groups excluding carboxylic acids is 1. The highest BCUT2D eigenvalue weighted by atomic mass is 35.5. The maximum atomic E-state index is 12.0. The number of benzene rings is 1. The van der Waals surface area contributed by atoms with Gasteiger partial charge in [-0.1, -0.05) is 23.2 Å². The molecule has 1 rings (SSSR count). The number of aliphatic carboxylic acids is 1. The Morgan fingerprint density at radius 3 is 2.19 bits per heavy atom. The van der Waals surface area contributed by atoms with Crippen molar-refractivity contribution in [3.8, 4) is 0 Å². The van der Waals surface area contributed by atoms with Gasteiger partial charge in [0.05, 0.1) is 21.7 Å². The van der Waals surface area contributed by atoms with Gasteiger partial charge in [-0.2, -0.15) is 0 Å². The molecule has 7 heteroatoms. The van der Waals surface area contributed by atoms with Crippen molar-refractivity contribution in [1.29, 1.82) is 0 Å². The second-order valence-corrected chi connectivity index (χ2v) is 6.60. The van der Waals surface area contributed by atoms with Gasteiger partial charge in [0.15, 0.2) is 0 Å². The molecule has 0 aliphatic heterocycles. The highest BCUT2D eigenvalue weighted by Crippen LogP contribution is 2.31. The van der Waals surface area contributed by atoms with Gasteiger partial charge in [-0.3, -0.25) is 4.79 Å². The van der Waals surface area contributed by atoms with Crippen molar-refractivity contribution in [3.05, 3.63) is 28.2 Å². The van der Waals surface area contributed by atoms with Crippen LogP contribution in [0.25, 0.3) is 0 Å². The predicted molar refractivity (Wildman–Crippen MR) is 84.1 cm³/mol. The highest BCUT2D eigenvalue weighted by molar-refractivity contribution is 6.36. The second kappa shape index (κ2) is 6.12. The van der Waals surface area contributed by atoms with Crippen molar-refractivity contribution in [2.45, 2.75) is 33.2 Å². The van der Waals surface area contributed by atoms with Gasteiger partial charge in [0, 0.05) is 5.02 Å². The van der Waals surface area contributed by atoms with Gasteiger partial charge in [0.1, 0.15) is 0 Å². The van der Waals surface area contributed by atoms with Crippen molar-refractivity contribution in [2.75, 3.05) is 5.32 Å². The molecule has 0 radical (unpaired) electrons. The van der Waals surface area contributed by atoms with E-state index in [1.807, 2.05) is 0 Å². The topological polar surface area (TPSA) is 78.4 Å². The zero-order valence-electron chi connectivity index (χ0n) is 12.3. The van der Waals surface area contributed by atoms with E-state index in [9.17, 15) is 14.7 Å². The summed E-state index contributed by atoms with van der Waals surface area (Å²) in [6.45, 7) is 6.38. The maximum absolute atomic E-state index is 12.0. The third-order valence-electron chi connectivity index (χ3n) is 3.70. The Morgan fingerprint density at radius 2 is 1.71 bits per heavy atom. The molecule has 0 saturated carbocycles. The summed E-state index contributed by atoms with van der Waals surface area (Å²) in [6.07, 6.45) is 0. The van der Waals surface area contributed by atoms with E-state index in [4.69, 9.17) is 23.2 Å². The minimum Gasteiger partial charge on any atom is -0.481 e. The largest absolute Gasteiger partial charge is 0.481 e. The van der Waals surface area contributed by atoms with Gasteiger partial charge in [-0.25, -0.2) is 4.79 Å². The molecule has 0 unspecified atom stereocenters. The lowest BCUT2D eigenvalue weighted by molar-refractivity contribution is -0.150. The minimum atomic E-state index is -1.14.